The molecule has 0 bridgehead atoms. The third-order valence-corrected chi connectivity index (χ3v) is 1.77. The molecule has 0 aliphatic heterocycles. The summed E-state index contributed by atoms with van der Waals surface area (Å²) in [6.07, 6.45) is 0. The monoisotopic (exact) mass is 149 g/mol. The Balaban J connectivity index is 3.73. The van der Waals surface area contributed by atoms with E-state index in [0.717, 1.165) is 4.48 Å². The normalized spacial score (nSPS) is 10.1. The summed E-state index contributed by atoms with van der Waals surface area (Å²) in [5.41, 5.74) is 0.209. The Kier molecular flexibility index (Phi) is 2.27. The van der Waals surface area contributed by atoms with Crippen LogP contribution in [0, 0.1) is 6.92 Å². The van der Waals surface area contributed by atoms with E-state index in [-0.39, 0.29) is 16.5 Å². The molecule has 1 heterocycles. The second-order valence-corrected chi connectivity index (χ2v) is 2.51. The van der Waals surface area contributed by atoms with Crippen LogP contribution in [-0.2, 0) is 0 Å². The van der Waals surface area contributed by atoms with E-state index in [1.165, 1.54) is 6.92 Å². The second-order valence-electron chi connectivity index (χ2n) is 2.51. The molecular weight excluding hydrogens is 145 g/mol. The Morgan fingerprint density at radius 1 is 1.17 bits per heavy atom. The Hall–Kier alpha value is -0.790. The molecule has 50 valence electrons. The van der Waals surface area contributed by atoms with Crippen LogP contribution in [-0.4, -0.2) is 36.0 Å². The minimum Gasteiger partial charge on any atom is -0.378 e. The van der Waals surface area contributed by atoms with Gasteiger partial charge in [-0.15, -0.1) is 0 Å². The fourth-order valence-corrected chi connectivity index (χ4v) is 0.875. The molecule has 0 saturated heterocycles. The van der Waals surface area contributed by atoms with Gasteiger partial charge in [-0.05, 0) is 6.92 Å². The van der Waals surface area contributed by atoms with Crippen LogP contribution in [0.15, 0.2) is 4.79 Å². The molecule has 6 heteroatoms. The molecule has 1 rings (SSSR count). The standard InChI is InChI=1S/C6H3B4NO/c1-2-3(7)4(8)5(9)11(10)6(2)12/h1H3. The summed E-state index contributed by atoms with van der Waals surface area (Å²) in [7, 11) is 21.6. The average Bonchev–Trinajstić information content (AvgIpc) is 2.08. The first-order valence-electron chi connectivity index (χ1n) is 3.28. The number of rotatable bonds is 0. The minimum atomic E-state index is -0.431. The van der Waals surface area contributed by atoms with Gasteiger partial charge < -0.3 is 4.48 Å². The highest BCUT2D eigenvalue weighted by Gasteiger charge is 2.05. The molecule has 1 aromatic rings. The van der Waals surface area contributed by atoms with E-state index in [9.17, 15) is 4.79 Å². The Morgan fingerprint density at radius 2 is 1.67 bits per heavy atom. The highest BCUT2D eigenvalue weighted by Crippen LogP contribution is 1.75. The Bertz CT molecular complexity index is 352. The zero-order chi connectivity index (χ0) is 9.46. The van der Waals surface area contributed by atoms with Crippen LogP contribution < -0.4 is 22.1 Å². The van der Waals surface area contributed by atoms with Crippen molar-refractivity contribution < 1.29 is 0 Å². The molecule has 2 nitrogen and oxygen atoms in total. The number of aromatic nitrogens is 1. The molecular formula is C6H3B4NO. The molecule has 0 fully saturated rings. The molecule has 0 aliphatic rings. The van der Waals surface area contributed by atoms with Gasteiger partial charge in [0.25, 0.3) is 0 Å². The lowest BCUT2D eigenvalue weighted by atomic mass is 9.73. The third-order valence-electron chi connectivity index (χ3n) is 1.77. The molecule has 0 unspecified atom stereocenters. The quantitative estimate of drug-likeness (QED) is 0.350. The minimum absolute atomic E-state index is 0.0110. The highest BCUT2D eigenvalue weighted by atomic mass is 16.1. The van der Waals surface area contributed by atoms with E-state index in [2.05, 4.69) is 0 Å². The van der Waals surface area contributed by atoms with E-state index < -0.39 is 5.56 Å². The van der Waals surface area contributed by atoms with Gasteiger partial charge in [-0.2, -0.15) is 0 Å². The van der Waals surface area contributed by atoms with Crippen molar-refractivity contribution in [2.45, 2.75) is 6.92 Å². The average molecular weight is 148 g/mol. The topological polar surface area (TPSA) is 22.0 Å². The van der Waals surface area contributed by atoms with Gasteiger partial charge in [0.05, 0.1) is 0 Å². The maximum absolute atomic E-state index is 11.2. The van der Waals surface area contributed by atoms with E-state index in [1.54, 1.807) is 0 Å². The molecule has 0 atom stereocenters. The molecule has 0 amide bonds. The molecule has 12 heavy (non-hydrogen) atoms. The number of pyridine rings is 1. The molecule has 1 aromatic heterocycles. The fraction of sp³-hybridized carbons (Fsp3) is 0.167. The van der Waals surface area contributed by atoms with Gasteiger partial charge in [-0.1, -0.05) is 16.5 Å². The smallest absolute Gasteiger partial charge is 0.239 e. The van der Waals surface area contributed by atoms with Crippen molar-refractivity contribution in [3.63, 3.8) is 0 Å². The van der Waals surface area contributed by atoms with Gasteiger partial charge in [-0.25, -0.2) is 0 Å². The summed E-state index contributed by atoms with van der Waals surface area (Å²) < 4.78 is 0.779. The largest absolute Gasteiger partial charge is 0.378 e. The van der Waals surface area contributed by atoms with Crippen LogP contribution >= 0.6 is 0 Å². The number of hydrogen-bond acceptors (Lipinski definition) is 1. The van der Waals surface area contributed by atoms with Crippen molar-refractivity contribution in [1.29, 1.82) is 0 Å². The fourth-order valence-electron chi connectivity index (χ4n) is 0.875. The maximum atomic E-state index is 11.2. The summed E-state index contributed by atoms with van der Waals surface area (Å²) >= 11 is 0. The summed E-state index contributed by atoms with van der Waals surface area (Å²) in [5.74, 6) is 0. The van der Waals surface area contributed by atoms with E-state index in [4.69, 9.17) is 31.5 Å². The Labute approximate surface area is 76.0 Å². The van der Waals surface area contributed by atoms with Gasteiger partial charge >= 0.3 is 0 Å². The van der Waals surface area contributed by atoms with Crippen molar-refractivity contribution in [3.05, 3.63) is 15.9 Å². The van der Waals surface area contributed by atoms with Crippen LogP contribution in [0.4, 0.5) is 0 Å². The Morgan fingerprint density at radius 3 is 2.17 bits per heavy atom. The van der Waals surface area contributed by atoms with Gasteiger partial charge in [0, 0.05) is 5.56 Å². The van der Waals surface area contributed by atoms with Crippen LogP contribution in [0.1, 0.15) is 5.56 Å². The van der Waals surface area contributed by atoms with Crippen molar-refractivity contribution in [2.75, 3.05) is 0 Å². The SMILES string of the molecule is [B]c1c([B])c([B])n([B])c(=O)c1C. The lowest BCUT2D eigenvalue weighted by molar-refractivity contribution is 1.15. The van der Waals surface area contributed by atoms with Crippen LogP contribution in [0.25, 0.3) is 0 Å². The lowest BCUT2D eigenvalue weighted by Gasteiger charge is -2.14. The second kappa shape index (κ2) is 2.92. The predicted molar refractivity (Wildman–Crippen MR) is 52.8 cm³/mol. The number of nitrogens with zero attached hydrogens (tertiary/aromatic N) is 1. The first kappa shape index (κ1) is 9.30. The molecule has 8 radical (unpaired) electrons. The predicted octanol–water partition coefficient (Wildman–Crippen LogP) is -3.53. The zero-order valence-corrected chi connectivity index (χ0v) is 6.66. The summed E-state index contributed by atoms with van der Waals surface area (Å²) in [6.45, 7) is 1.54. The molecule has 0 N–H and O–H groups in total. The van der Waals surface area contributed by atoms with Crippen molar-refractivity contribution in [2.24, 2.45) is 0 Å². The molecule has 0 aliphatic carbocycles. The number of hydrogen-bond donors (Lipinski definition) is 0. The van der Waals surface area contributed by atoms with E-state index >= 15 is 0 Å². The van der Waals surface area contributed by atoms with Crippen LogP contribution in [0.3, 0.4) is 0 Å². The first-order chi connectivity index (χ1) is 5.46. The maximum Gasteiger partial charge on any atom is 0.239 e. The van der Waals surface area contributed by atoms with Gasteiger partial charge in [0.2, 0.25) is 13.5 Å². The summed E-state index contributed by atoms with van der Waals surface area (Å²) in [6, 6.07) is 0. The summed E-state index contributed by atoms with van der Waals surface area (Å²) in [5, 5.41) is 0. The van der Waals surface area contributed by atoms with Crippen LogP contribution in [0.2, 0.25) is 0 Å². The van der Waals surface area contributed by atoms with Crippen molar-refractivity contribution in [3.8, 4) is 0 Å². The highest BCUT2D eigenvalue weighted by molar-refractivity contribution is 6.57. The van der Waals surface area contributed by atoms with Crippen molar-refractivity contribution in [1.82, 2.24) is 4.48 Å². The van der Waals surface area contributed by atoms with Gasteiger partial charge in [-0.3, -0.25) is 4.79 Å². The lowest BCUT2D eigenvalue weighted by Crippen LogP contribution is -2.52. The first-order valence-corrected chi connectivity index (χ1v) is 3.28. The van der Waals surface area contributed by atoms with Crippen LogP contribution in [0.5, 0.6) is 0 Å². The van der Waals surface area contributed by atoms with Gasteiger partial charge in [0.15, 0.2) is 0 Å². The molecule has 0 aromatic carbocycles. The summed E-state index contributed by atoms with van der Waals surface area (Å²) in [4.78, 5) is 11.2. The third kappa shape index (κ3) is 1.15. The van der Waals surface area contributed by atoms with E-state index in [0.29, 0.717) is 5.56 Å². The van der Waals surface area contributed by atoms with E-state index in [1.807, 2.05) is 0 Å². The van der Waals surface area contributed by atoms with Gasteiger partial charge in [0.1, 0.15) is 23.5 Å². The van der Waals surface area contributed by atoms with Crippen molar-refractivity contribution >= 4 is 48.0 Å². The molecule has 0 spiro atoms. The zero-order valence-electron chi connectivity index (χ0n) is 6.66. The molecule has 0 saturated carbocycles.